The standard InChI is InChI=1S/C12H21N3/c1-5-14-12(10(4)9(2)3)11-8-13-6-7-15-11/h6-10,12,14H,5H2,1-4H3. The van der Waals surface area contributed by atoms with E-state index in [1.54, 1.807) is 12.4 Å². The van der Waals surface area contributed by atoms with Crippen molar-refractivity contribution in [2.45, 2.75) is 33.7 Å². The van der Waals surface area contributed by atoms with E-state index in [4.69, 9.17) is 0 Å². The number of hydrogen-bond acceptors (Lipinski definition) is 3. The van der Waals surface area contributed by atoms with E-state index in [0.717, 1.165) is 12.2 Å². The van der Waals surface area contributed by atoms with Crippen LogP contribution in [0.2, 0.25) is 0 Å². The Balaban J connectivity index is 2.83. The minimum absolute atomic E-state index is 0.309. The van der Waals surface area contributed by atoms with Gasteiger partial charge < -0.3 is 5.32 Å². The molecule has 0 aliphatic heterocycles. The molecule has 15 heavy (non-hydrogen) atoms. The third kappa shape index (κ3) is 3.27. The van der Waals surface area contributed by atoms with Crippen LogP contribution in [0, 0.1) is 11.8 Å². The van der Waals surface area contributed by atoms with E-state index in [-0.39, 0.29) is 0 Å². The Hall–Kier alpha value is -0.960. The lowest BCUT2D eigenvalue weighted by Crippen LogP contribution is -2.30. The van der Waals surface area contributed by atoms with Gasteiger partial charge in [0.1, 0.15) is 0 Å². The summed E-state index contributed by atoms with van der Waals surface area (Å²) in [5.41, 5.74) is 1.04. The molecule has 0 fully saturated rings. The molecule has 0 bridgehead atoms. The van der Waals surface area contributed by atoms with Crippen molar-refractivity contribution in [3.8, 4) is 0 Å². The summed E-state index contributed by atoms with van der Waals surface area (Å²) in [7, 11) is 0. The molecule has 1 rings (SSSR count). The minimum atomic E-state index is 0.309. The first-order valence-electron chi connectivity index (χ1n) is 5.66. The summed E-state index contributed by atoms with van der Waals surface area (Å²) in [6.07, 6.45) is 5.32. The van der Waals surface area contributed by atoms with Crippen molar-refractivity contribution >= 4 is 0 Å². The zero-order valence-electron chi connectivity index (χ0n) is 10.1. The smallest absolute Gasteiger partial charge is 0.0758 e. The van der Waals surface area contributed by atoms with Crippen LogP contribution < -0.4 is 5.32 Å². The minimum Gasteiger partial charge on any atom is -0.309 e. The van der Waals surface area contributed by atoms with Crippen LogP contribution in [0.15, 0.2) is 18.6 Å². The predicted octanol–water partition coefficient (Wildman–Crippen LogP) is 2.42. The lowest BCUT2D eigenvalue weighted by atomic mass is 9.88. The van der Waals surface area contributed by atoms with Crippen molar-refractivity contribution < 1.29 is 0 Å². The molecule has 0 amide bonds. The Morgan fingerprint density at radius 2 is 2.00 bits per heavy atom. The second-order valence-corrected chi connectivity index (χ2v) is 4.27. The molecule has 0 aromatic carbocycles. The summed E-state index contributed by atoms with van der Waals surface area (Å²) in [6, 6.07) is 0.309. The molecule has 2 atom stereocenters. The lowest BCUT2D eigenvalue weighted by Gasteiger charge is -2.26. The Bertz CT molecular complexity index is 271. The zero-order valence-corrected chi connectivity index (χ0v) is 10.1. The topological polar surface area (TPSA) is 37.8 Å². The second-order valence-electron chi connectivity index (χ2n) is 4.27. The van der Waals surface area contributed by atoms with Gasteiger partial charge in [0.15, 0.2) is 0 Å². The van der Waals surface area contributed by atoms with Gasteiger partial charge in [0.25, 0.3) is 0 Å². The number of nitrogens with one attached hydrogen (secondary N) is 1. The van der Waals surface area contributed by atoms with Gasteiger partial charge in [-0.15, -0.1) is 0 Å². The largest absolute Gasteiger partial charge is 0.309 e. The van der Waals surface area contributed by atoms with E-state index in [0.29, 0.717) is 17.9 Å². The SMILES string of the molecule is CCNC(c1cnccn1)C(C)C(C)C. The molecule has 1 N–H and O–H groups in total. The number of nitrogens with zero attached hydrogens (tertiary/aromatic N) is 2. The Kier molecular flexibility index (Phi) is 4.69. The first-order valence-corrected chi connectivity index (χ1v) is 5.66. The van der Waals surface area contributed by atoms with Crippen molar-refractivity contribution in [1.82, 2.24) is 15.3 Å². The van der Waals surface area contributed by atoms with Gasteiger partial charge in [-0.25, -0.2) is 0 Å². The van der Waals surface area contributed by atoms with Crippen LogP contribution in [0.1, 0.15) is 39.4 Å². The predicted molar refractivity (Wildman–Crippen MR) is 62.5 cm³/mol. The first-order chi connectivity index (χ1) is 7.16. The highest BCUT2D eigenvalue weighted by atomic mass is 14.9. The fourth-order valence-electron chi connectivity index (χ4n) is 1.64. The molecule has 0 saturated heterocycles. The fraction of sp³-hybridized carbons (Fsp3) is 0.667. The van der Waals surface area contributed by atoms with E-state index in [1.807, 2.05) is 6.20 Å². The van der Waals surface area contributed by atoms with Gasteiger partial charge in [-0.3, -0.25) is 9.97 Å². The van der Waals surface area contributed by atoms with Crippen LogP contribution >= 0.6 is 0 Å². The Morgan fingerprint density at radius 3 is 2.47 bits per heavy atom. The van der Waals surface area contributed by atoms with Crippen molar-refractivity contribution in [1.29, 1.82) is 0 Å². The van der Waals surface area contributed by atoms with E-state index >= 15 is 0 Å². The highest BCUT2D eigenvalue weighted by Gasteiger charge is 2.22. The summed E-state index contributed by atoms with van der Waals surface area (Å²) in [5, 5.41) is 3.48. The van der Waals surface area contributed by atoms with Crippen molar-refractivity contribution in [2.75, 3.05) is 6.54 Å². The van der Waals surface area contributed by atoms with E-state index in [1.165, 1.54) is 0 Å². The molecule has 1 heterocycles. The average Bonchev–Trinajstić information content (AvgIpc) is 2.26. The summed E-state index contributed by atoms with van der Waals surface area (Å²) in [4.78, 5) is 8.50. The Morgan fingerprint density at radius 1 is 1.27 bits per heavy atom. The van der Waals surface area contributed by atoms with E-state index in [9.17, 15) is 0 Å². The zero-order chi connectivity index (χ0) is 11.3. The van der Waals surface area contributed by atoms with Gasteiger partial charge in [0.05, 0.1) is 11.7 Å². The molecule has 1 aromatic heterocycles. The summed E-state index contributed by atoms with van der Waals surface area (Å²) in [5.74, 6) is 1.19. The average molecular weight is 207 g/mol. The van der Waals surface area contributed by atoms with Gasteiger partial charge in [-0.2, -0.15) is 0 Å². The van der Waals surface area contributed by atoms with Crippen molar-refractivity contribution in [3.63, 3.8) is 0 Å². The van der Waals surface area contributed by atoms with E-state index in [2.05, 4.69) is 43.0 Å². The molecule has 0 radical (unpaired) electrons. The van der Waals surface area contributed by atoms with Gasteiger partial charge in [0.2, 0.25) is 0 Å². The molecule has 0 spiro atoms. The summed E-state index contributed by atoms with van der Waals surface area (Å²) in [6.45, 7) is 9.82. The quantitative estimate of drug-likeness (QED) is 0.805. The van der Waals surface area contributed by atoms with Gasteiger partial charge in [0, 0.05) is 18.6 Å². The third-order valence-corrected chi connectivity index (χ3v) is 2.90. The molecule has 0 aliphatic carbocycles. The number of rotatable bonds is 5. The highest BCUT2D eigenvalue weighted by molar-refractivity contribution is 5.04. The van der Waals surface area contributed by atoms with Gasteiger partial charge in [-0.1, -0.05) is 27.7 Å². The molecule has 3 heteroatoms. The Labute approximate surface area is 92.3 Å². The van der Waals surface area contributed by atoms with Crippen LogP contribution in [0.25, 0.3) is 0 Å². The molecule has 84 valence electrons. The molecular weight excluding hydrogens is 186 g/mol. The molecule has 2 unspecified atom stereocenters. The van der Waals surface area contributed by atoms with Gasteiger partial charge >= 0.3 is 0 Å². The molecule has 0 aliphatic rings. The number of aromatic nitrogens is 2. The molecule has 1 aromatic rings. The maximum atomic E-state index is 4.38. The van der Waals surface area contributed by atoms with Crippen LogP contribution in [0.4, 0.5) is 0 Å². The first kappa shape index (κ1) is 12.1. The molecule has 3 nitrogen and oxygen atoms in total. The normalized spacial score (nSPS) is 15.3. The van der Waals surface area contributed by atoms with Crippen LogP contribution in [-0.2, 0) is 0 Å². The highest BCUT2D eigenvalue weighted by Crippen LogP contribution is 2.25. The van der Waals surface area contributed by atoms with Crippen molar-refractivity contribution in [3.05, 3.63) is 24.3 Å². The van der Waals surface area contributed by atoms with Crippen LogP contribution in [0.3, 0.4) is 0 Å². The molecular formula is C12H21N3. The maximum Gasteiger partial charge on any atom is 0.0758 e. The van der Waals surface area contributed by atoms with E-state index < -0.39 is 0 Å². The monoisotopic (exact) mass is 207 g/mol. The van der Waals surface area contributed by atoms with Crippen LogP contribution in [-0.4, -0.2) is 16.5 Å². The summed E-state index contributed by atoms with van der Waals surface area (Å²) >= 11 is 0. The van der Waals surface area contributed by atoms with Crippen LogP contribution in [0.5, 0.6) is 0 Å². The lowest BCUT2D eigenvalue weighted by molar-refractivity contribution is 0.302. The number of hydrogen-bond donors (Lipinski definition) is 1. The molecule has 0 saturated carbocycles. The summed E-state index contributed by atoms with van der Waals surface area (Å²) < 4.78 is 0. The second kappa shape index (κ2) is 5.81. The maximum absolute atomic E-state index is 4.38. The third-order valence-electron chi connectivity index (χ3n) is 2.90. The van der Waals surface area contributed by atoms with Crippen molar-refractivity contribution in [2.24, 2.45) is 11.8 Å². The fourth-order valence-corrected chi connectivity index (χ4v) is 1.64. The van der Waals surface area contributed by atoms with Gasteiger partial charge in [-0.05, 0) is 18.4 Å².